The number of esters is 1. The van der Waals surface area contributed by atoms with Gasteiger partial charge in [-0.05, 0) is 13.0 Å². The standard InChI is InChI=1S/C14H20N2O6/c1-7(2)13(19)21-6-9-10(17)11(18)12(22-9)16-5-4-8(3)15-14(16)20/h4-5,7,9-12,17-18H,6H2,1-3H3/t9-,10-,11-,12-/m1/s1. The highest BCUT2D eigenvalue weighted by molar-refractivity contribution is 5.71. The lowest BCUT2D eigenvalue weighted by Gasteiger charge is -2.17. The first kappa shape index (κ1) is 16.6. The smallest absolute Gasteiger partial charge is 0.349 e. The molecule has 2 heterocycles. The molecule has 0 bridgehead atoms. The van der Waals surface area contributed by atoms with Gasteiger partial charge in [0.15, 0.2) is 6.23 Å². The van der Waals surface area contributed by atoms with Crippen LogP contribution in [0.25, 0.3) is 0 Å². The number of aromatic nitrogens is 2. The Kier molecular flexibility index (Phi) is 4.94. The number of carbonyl (C=O) groups is 1. The zero-order chi connectivity index (χ0) is 16.4. The summed E-state index contributed by atoms with van der Waals surface area (Å²) in [5.41, 5.74) is -0.0484. The van der Waals surface area contributed by atoms with Crippen LogP contribution >= 0.6 is 0 Å². The average molecular weight is 312 g/mol. The van der Waals surface area contributed by atoms with Crippen LogP contribution in [0.3, 0.4) is 0 Å². The van der Waals surface area contributed by atoms with E-state index in [2.05, 4.69) is 4.98 Å². The van der Waals surface area contributed by atoms with Gasteiger partial charge in [-0.15, -0.1) is 0 Å². The Morgan fingerprint density at radius 2 is 2.14 bits per heavy atom. The van der Waals surface area contributed by atoms with Gasteiger partial charge in [0.05, 0.1) is 5.92 Å². The molecule has 1 fully saturated rings. The van der Waals surface area contributed by atoms with Gasteiger partial charge >= 0.3 is 11.7 Å². The average Bonchev–Trinajstić information content (AvgIpc) is 2.73. The molecule has 22 heavy (non-hydrogen) atoms. The molecular formula is C14H20N2O6. The second-order valence-electron chi connectivity index (χ2n) is 5.59. The number of nitrogens with zero attached hydrogens (tertiary/aromatic N) is 2. The van der Waals surface area contributed by atoms with Crippen LogP contribution in [0.2, 0.25) is 0 Å². The number of aliphatic hydroxyl groups is 2. The fraction of sp³-hybridized carbons (Fsp3) is 0.643. The van der Waals surface area contributed by atoms with E-state index in [0.717, 1.165) is 4.57 Å². The van der Waals surface area contributed by atoms with Gasteiger partial charge in [-0.25, -0.2) is 4.79 Å². The number of hydrogen-bond acceptors (Lipinski definition) is 7. The van der Waals surface area contributed by atoms with E-state index in [1.807, 2.05) is 0 Å². The largest absolute Gasteiger partial charge is 0.463 e. The van der Waals surface area contributed by atoms with Crippen molar-refractivity contribution in [1.29, 1.82) is 0 Å². The molecule has 1 saturated heterocycles. The summed E-state index contributed by atoms with van der Waals surface area (Å²) in [6.45, 7) is 4.84. The zero-order valence-corrected chi connectivity index (χ0v) is 12.7. The molecule has 0 aromatic carbocycles. The summed E-state index contributed by atoms with van der Waals surface area (Å²) < 4.78 is 11.6. The van der Waals surface area contributed by atoms with E-state index in [9.17, 15) is 19.8 Å². The van der Waals surface area contributed by atoms with E-state index in [0.29, 0.717) is 5.69 Å². The topological polar surface area (TPSA) is 111 Å². The van der Waals surface area contributed by atoms with Crippen LogP contribution in [0, 0.1) is 12.8 Å². The minimum Gasteiger partial charge on any atom is -0.463 e. The lowest BCUT2D eigenvalue weighted by Crippen LogP contribution is -2.36. The third-order valence-corrected chi connectivity index (χ3v) is 3.44. The summed E-state index contributed by atoms with van der Waals surface area (Å²) in [5, 5.41) is 20.0. The number of ether oxygens (including phenoxy) is 2. The fourth-order valence-corrected chi connectivity index (χ4v) is 2.12. The molecule has 8 nitrogen and oxygen atoms in total. The van der Waals surface area contributed by atoms with Crippen molar-refractivity contribution in [2.75, 3.05) is 6.61 Å². The summed E-state index contributed by atoms with van der Waals surface area (Å²) in [6, 6.07) is 1.59. The first-order valence-electron chi connectivity index (χ1n) is 7.05. The summed E-state index contributed by atoms with van der Waals surface area (Å²) in [7, 11) is 0. The molecule has 0 amide bonds. The highest BCUT2D eigenvalue weighted by Gasteiger charge is 2.44. The molecule has 4 atom stereocenters. The minimum absolute atomic E-state index is 0.195. The summed E-state index contributed by atoms with van der Waals surface area (Å²) in [6.07, 6.45) is -3.12. The summed E-state index contributed by atoms with van der Waals surface area (Å²) >= 11 is 0. The number of carbonyl (C=O) groups excluding carboxylic acids is 1. The zero-order valence-electron chi connectivity index (χ0n) is 12.7. The minimum atomic E-state index is -1.31. The van der Waals surface area contributed by atoms with Gasteiger partial charge < -0.3 is 19.7 Å². The van der Waals surface area contributed by atoms with E-state index < -0.39 is 36.2 Å². The molecule has 2 rings (SSSR count). The van der Waals surface area contributed by atoms with Crippen LogP contribution in [-0.2, 0) is 14.3 Å². The molecule has 122 valence electrons. The normalized spacial score (nSPS) is 28.1. The molecule has 1 aromatic heterocycles. The van der Waals surface area contributed by atoms with Gasteiger partial charge in [0.25, 0.3) is 0 Å². The Balaban J connectivity index is 2.10. The molecule has 0 aliphatic carbocycles. The molecule has 1 aliphatic heterocycles. The van der Waals surface area contributed by atoms with Crippen LogP contribution < -0.4 is 5.69 Å². The summed E-state index contributed by atoms with van der Waals surface area (Å²) in [5.74, 6) is -0.730. The van der Waals surface area contributed by atoms with Crippen molar-refractivity contribution in [3.8, 4) is 0 Å². The Morgan fingerprint density at radius 1 is 1.45 bits per heavy atom. The third-order valence-electron chi connectivity index (χ3n) is 3.44. The maximum absolute atomic E-state index is 11.8. The van der Waals surface area contributed by atoms with Gasteiger partial charge in [-0.3, -0.25) is 9.36 Å². The van der Waals surface area contributed by atoms with Gasteiger partial charge in [0.1, 0.15) is 24.9 Å². The highest BCUT2D eigenvalue weighted by atomic mass is 16.6. The maximum Gasteiger partial charge on any atom is 0.349 e. The number of aryl methyl sites for hydroxylation is 1. The van der Waals surface area contributed by atoms with E-state index in [4.69, 9.17) is 9.47 Å². The molecule has 2 N–H and O–H groups in total. The Labute approximate surface area is 127 Å². The van der Waals surface area contributed by atoms with Crippen molar-refractivity contribution in [2.24, 2.45) is 5.92 Å². The van der Waals surface area contributed by atoms with Crippen molar-refractivity contribution in [2.45, 2.75) is 45.3 Å². The number of rotatable bonds is 4. The molecule has 1 aromatic rings. The van der Waals surface area contributed by atoms with E-state index >= 15 is 0 Å². The Hall–Kier alpha value is -1.77. The van der Waals surface area contributed by atoms with Gasteiger partial charge in [0, 0.05) is 11.9 Å². The van der Waals surface area contributed by atoms with E-state index in [1.54, 1.807) is 26.8 Å². The van der Waals surface area contributed by atoms with Crippen molar-refractivity contribution in [1.82, 2.24) is 9.55 Å². The summed E-state index contributed by atoms with van der Waals surface area (Å²) in [4.78, 5) is 27.0. The first-order valence-corrected chi connectivity index (χ1v) is 7.05. The SMILES string of the molecule is Cc1ccn([C@@H]2O[C@H](COC(=O)C(C)C)[C@@H](O)[C@H]2O)c(=O)n1. The lowest BCUT2D eigenvalue weighted by atomic mass is 10.1. The van der Waals surface area contributed by atoms with Gasteiger partial charge in [-0.2, -0.15) is 4.98 Å². The molecule has 8 heteroatoms. The van der Waals surface area contributed by atoms with Crippen LogP contribution in [0.1, 0.15) is 25.8 Å². The van der Waals surface area contributed by atoms with E-state index in [-0.39, 0.29) is 12.5 Å². The van der Waals surface area contributed by atoms with Gasteiger partial charge in [-0.1, -0.05) is 13.8 Å². The second kappa shape index (κ2) is 6.55. The fourth-order valence-electron chi connectivity index (χ4n) is 2.12. The second-order valence-corrected chi connectivity index (χ2v) is 5.59. The molecule has 0 unspecified atom stereocenters. The monoisotopic (exact) mass is 312 g/mol. The quantitative estimate of drug-likeness (QED) is 0.712. The van der Waals surface area contributed by atoms with E-state index in [1.165, 1.54) is 6.20 Å². The van der Waals surface area contributed by atoms with Crippen molar-refractivity contribution < 1.29 is 24.5 Å². The van der Waals surface area contributed by atoms with Crippen molar-refractivity contribution in [3.63, 3.8) is 0 Å². The molecule has 1 aliphatic rings. The van der Waals surface area contributed by atoms with Crippen LogP contribution in [-0.4, -0.2) is 50.7 Å². The van der Waals surface area contributed by atoms with Gasteiger partial charge in [0.2, 0.25) is 0 Å². The Bertz CT molecular complexity index is 599. The highest BCUT2D eigenvalue weighted by Crippen LogP contribution is 2.28. The number of aliphatic hydroxyl groups excluding tert-OH is 2. The predicted molar refractivity (Wildman–Crippen MR) is 75.0 cm³/mol. The maximum atomic E-state index is 11.8. The van der Waals surface area contributed by atoms with Crippen LogP contribution in [0.5, 0.6) is 0 Å². The lowest BCUT2D eigenvalue weighted by molar-refractivity contribution is -0.153. The molecule has 0 spiro atoms. The molecular weight excluding hydrogens is 292 g/mol. The Morgan fingerprint density at radius 3 is 2.73 bits per heavy atom. The molecule has 0 saturated carbocycles. The first-order chi connectivity index (χ1) is 10.3. The van der Waals surface area contributed by atoms with Crippen LogP contribution in [0.4, 0.5) is 0 Å². The van der Waals surface area contributed by atoms with Crippen LogP contribution in [0.15, 0.2) is 17.1 Å². The van der Waals surface area contributed by atoms with Crippen molar-refractivity contribution >= 4 is 5.97 Å². The predicted octanol–water partition coefficient (Wildman–Crippen LogP) is -0.630. The third kappa shape index (κ3) is 3.34. The van der Waals surface area contributed by atoms with Crippen molar-refractivity contribution in [3.05, 3.63) is 28.4 Å². The molecule has 0 radical (unpaired) electrons. The number of hydrogen-bond donors (Lipinski definition) is 2.